The number of aromatic carboxylic acids is 2. The third kappa shape index (κ3) is 2.51. The summed E-state index contributed by atoms with van der Waals surface area (Å²) in [5, 5.41) is 18.1. The van der Waals surface area contributed by atoms with E-state index in [0.717, 1.165) is 0 Å². The molecule has 0 spiro atoms. The molecular weight excluding hydrogens is 263 g/mol. The average molecular weight is 274 g/mol. The van der Waals surface area contributed by atoms with E-state index in [1.165, 1.54) is 48.5 Å². The third-order valence-electron chi connectivity index (χ3n) is 2.93. The van der Waals surface area contributed by atoms with Gasteiger partial charge in [0.05, 0.1) is 11.1 Å². The summed E-state index contributed by atoms with van der Waals surface area (Å²) in [5.41, 5.74) is -0.484. The van der Waals surface area contributed by atoms with Crippen molar-refractivity contribution >= 4 is 11.9 Å². The molecule has 0 radical (unpaired) electrons. The van der Waals surface area contributed by atoms with Crippen molar-refractivity contribution in [3.63, 3.8) is 0 Å². The summed E-state index contributed by atoms with van der Waals surface area (Å²) in [6.07, 6.45) is -1.81. The Bertz CT molecular complexity index is 609. The summed E-state index contributed by atoms with van der Waals surface area (Å²) < 4.78 is 14.6. The molecule has 102 valence electrons. The molecule has 5 heteroatoms. The minimum Gasteiger partial charge on any atom is -0.478 e. The highest BCUT2D eigenvalue weighted by Crippen LogP contribution is 2.31. The van der Waals surface area contributed by atoms with E-state index < -0.39 is 18.1 Å². The Morgan fingerprint density at radius 3 is 1.50 bits per heavy atom. The summed E-state index contributed by atoms with van der Waals surface area (Å²) in [6.45, 7) is 0. The summed E-state index contributed by atoms with van der Waals surface area (Å²) in [5.74, 6) is -2.51. The van der Waals surface area contributed by atoms with Crippen LogP contribution in [0.1, 0.15) is 38.0 Å². The molecule has 0 fully saturated rings. The fourth-order valence-electron chi connectivity index (χ4n) is 1.99. The number of halogens is 1. The third-order valence-corrected chi connectivity index (χ3v) is 2.93. The van der Waals surface area contributed by atoms with Gasteiger partial charge in [-0.1, -0.05) is 36.4 Å². The van der Waals surface area contributed by atoms with Crippen molar-refractivity contribution in [1.29, 1.82) is 0 Å². The zero-order valence-corrected chi connectivity index (χ0v) is 10.3. The van der Waals surface area contributed by atoms with Crippen molar-refractivity contribution in [2.45, 2.75) is 6.17 Å². The molecule has 0 saturated carbocycles. The van der Waals surface area contributed by atoms with Crippen LogP contribution >= 0.6 is 0 Å². The van der Waals surface area contributed by atoms with E-state index in [9.17, 15) is 14.0 Å². The molecule has 0 aliphatic heterocycles. The van der Waals surface area contributed by atoms with E-state index in [1.54, 1.807) is 0 Å². The highest BCUT2D eigenvalue weighted by Gasteiger charge is 2.23. The van der Waals surface area contributed by atoms with Gasteiger partial charge in [0, 0.05) is 11.1 Å². The number of hydrogen-bond donors (Lipinski definition) is 2. The Morgan fingerprint density at radius 1 is 0.800 bits per heavy atom. The molecule has 4 nitrogen and oxygen atoms in total. The van der Waals surface area contributed by atoms with Crippen molar-refractivity contribution in [3.05, 3.63) is 70.8 Å². The number of carbonyl (C=O) groups is 2. The van der Waals surface area contributed by atoms with Crippen LogP contribution in [0.2, 0.25) is 0 Å². The predicted molar refractivity (Wildman–Crippen MR) is 69.8 cm³/mol. The Labute approximate surface area is 114 Å². The molecule has 0 heterocycles. The fraction of sp³-hybridized carbons (Fsp3) is 0.0667. The largest absolute Gasteiger partial charge is 0.478 e. The van der Waals surface area contributed by atoms with Crippen molar-refractivity contribution in [1.82, 2.24) is 0 Å². The number of alkyl halides is 1. The van der Waals surface area contributed by atoms with Gasteiger partial charge < -0.3 is 10.2 Å². The maximum atomic E-state index is 14.6. The number of carboxylic acid groups (broad SMARTS) is 2. The first-order chi connectivity index (χ1) is 9.52. The Hall–Kier alpha value is -2.69. The molecule has 0 aliphatic carbocycles. The molecular formula is C15H11FO4. The summed E-state index contributed by atoms with van der Waals surface area (Å²) in [7, 11) is 0. The minimum atomic E-state index is -1.81. The van der Waals surface area contributed by atoms with E-state index in [0.29, 0.717) is 0 Å². The highest BCUT2D eigenvalue weighted by molar-refractivity contribution is 5.91. The lowest BCUT2D eigenvalue weighted by Gasteiger charge is -2.13. The van der Waals surface area contributed by atoms with Crippen LogP contribution in [0.5, 0.6) is 0 Å². The lowest BCUT2D eigenvalue weighted by Crippen LogP contribution is -2.09. The van der Waals surface area contributed by atoms with Crippen molar-refractivity contribution in [2.24, 2.45) is 0 Å². The SMILES string of the molecule is O=C(O)c1ccccc1C(F)c1ccccc1C(=O)O. The lowest BCUT2D eigenvalue weighted by molar-refractivity contribution is 0.0686. The van der Waals surface area contributed by atoms with Crippen LogP contribution in [-0.4, -0.2) is 22.2 Å². The molecule has 0 bridgehead atoms. The van der Waals surface area contributed by atoms with Crippen molar-refractivity contribution in [3.8, 4) is 0 Å². The number of hydrogen-bond acceptors (Lipinski definition) is 2. The van der Waals surface area contributed by atoms with Crippen molar-refractivity contribution in [2.75, 3.05) is 0 Å². The first-order valence-corrected chi connectivity index (χ1v) is 5.81. The van der Waals surface area contributed by atoms with Gasteiger partial charge in [0.25, 0.3) is 0 Å². The Kier molecular flexibility index (Phi) is 3.79. The first-order valence-electron chi connectivity index (χ1n) is 5.81. The minimum absolute atomic E-state index is 0.0614. The van der Waals surface area contributed by atoms with E-state index >= 15 is 0 Å². The molecule has 0 aliphatic rings. The first kappa shape index (κ1) is 13.7. The number of carboxylic acids is 2. The second-order valence-corrected chi connectivity index (χ2v) is 4.15. The Balaban J connectivity index is 2.55. The quantitative estimate of drug-likeness (QED) is 0.898. The van der Waals surface area contributed by atoms with Crippen LogP contribution in [0.4, 0.5) is 4.39 Å². The molecule has 2 N–H and O–H groups in total. The highest BCUT2D eigenvalue weighted by atomic mass is 19.1. The van der Waals surface area contributed by atoms with Crippen LogP contribution < -0.4 is 0 Å². The molecule has 0 amide bonds. The molecule has 20 heavy (non-hydrogen) atoms. The molecule has 2 aromatic carbocycles. The van der Waals surface area contributed by atoms with Crippen LogP contribution in [-0.2, 0) is 0 Å². The summed E-state index contributed by atoms with van der Waals surface area (Å²) >= 11 is 0. The van der Waals surface area contributed by atoms with Gasteiger partial charge >= 0.3 is 11.9 Å². The molecule has 0 atom stereocenters. The van der Waals surface area contributed by atoms with Gasteiger partial charge in [-0.15, -0.1) is 0 Å². The van der Waals surface area contributed by atoms with Gasteiger partial charge in [0.2, 0.25) is 0 Å². The molecule has 2 rings (SSSR count). The Morgan fingerprint density at radius 2 is 1.15 bits per heavy atom. The van der Waals surface area contributed by atoms with Crippen molar-refractivity contribution < 1.29 is 24.2 Å². The van der Waals surface area contributed by atoms with E-state index in [4.69, 9.17) is 10.2 Å². The van der Waals surface area contributed by atoms with Crippen LogP contribution in [0.25, 0.3) is 0 Å². The second-order valence-electron chi connectivity index (χ2n) is 4.15. The topological polar surface area (TPSA) is 74.6 Å². The monoisotopic (exact) mass is 274 g/mol. The summed E-state index contributed by atoms with van der Waals surface area (Å²) in [6, 6.07) is 11.3. The fourth-order valence-corrected chi connectivity index (χ4v) is 1.99. The van der Waals surface area contributed by atoms with Gasteiger partial charge in [-0.25, -0.2) is 14.0 Å². The smallest absolute Gasteiger partial charge is 0.336 e. The molecule has 0 unspecified atom stereocenters. The van der Waals surface area contributed by atoms with E-state index in [2.05, 4.69) is 0 Å². The van der Waals surface area contributed by atoms with Gasteiger partial charge in [-0.05, 0) is 12.1 Å². The standard InChI is InChI=1S/C15H11FO4/c16-13(9-5-1-3-7-11(9)14(17)18)10-6-2-4-8-12(10)15(19)20/h1-8,13H,(H,17,18)(H,19,20). The lowest BCUT2D eigenvalue weighted by atomic mass is 9.94. The van der Waals surface area contributed by atoms with E-state index in [-0.39, 0.29) is 22.3 Å². The van der Waals surface area contributed by atoms with Gasteiger partial charge in [0.1, 0.15) is 0 Å². The molecule has 0 aromatic heterocycles. The second kappa shape index (κ2) is 5.52. The van der Waals surface area contributed by atoms with Crippen LogP contribution in [0, 0.1) is 0 Å². The summed E-state index contributed by atoms with van der Waals surface area (Å²) in [4.78, 5) is 22.2. The van der Waals surface area contributed by atoms with Gasteiger partial charge in [-0.3, -0.25) is 0 Å². The predicted octanol–water partition coefficient (Wildman–Crippen LogP) is 3.14. The number of benzene rings is 2. The number of rotatable bonds is 4. The molecule has 2 aromatic rings. The molecule has 0 saturated heterocycles. The maximum absolute atomic E-state index is 14.6. The van der Waals surface area contributed by atoms with E-state index in [1.807, 2.05) is 0 Å². The maximum Gasteiger partial charge on any atom is 0.336 e. The van der Waals surface area contributed by atoms with Gasteiger partial charge in [0.15, 0.2) is 6.17 Å². The zero-order valence-electron chi connectivity index (χ0n) is 10.3. The van der Waals surface area contributed by atoms with Crippen LogP contribution in [0.15, 0.2) is 48.5 Å². The zero-order chi connectivity index (χ0) is 14.7. The average Bonchev–Trinajstić information content (AvgIpc) is 2.46. The van der Waals surface area contributed by atoms with Crippen LogP contribution in [0.3, 0.4) is 0 Å². The normalized spacial score (nSPS) is 10.5. The van der Waals surface area contributed by atoms with Gasteiger partial charge in [-0.2, -0.15) is 0 Å².